The van der Waals surface area contributed by atoms with Gasteiger partial charge in [0.1, 0.15) is 87.4 Å². The fourth-order valence-electron chi connectivity index (χ4n) is 3.01. The number of ether oxygens (including phenoxy) is 4. The number of nitrogens with two attached hydrogens (primary N) is 1. The van der Waals surface area contributed by atoms with Gasteiger partial charge in [0, 0.05) is 0 Å². The van der Waals surface area contributed by atoms with Gasteiger partial charge in [0.15, 0.2) is 24.5 Å². The van der Waals surface area contributed by atoms with Crippen LogP contribution >= 0.6 is 0 Å². The lowest BCUT2D eigenvalue weighted by Gasteiger charge is -2.26. The average molecular weight is 676 g/mol. The van der Waals surface area contributed by atoms with Crippen molar-refractivity contribution in [2.45, 2.75) is 79.4 Å². The van der Waals surface area contributed by atoms with Crippen LogP contribution in [0.4, 0.5) is 0 Å². The van der Waals surface area contributed by atoms with E-state index in [-0.39, 0.29) is 18.9 Å². The summed E-state index contributed by atoms with van der Waals surface area (Å²) in [6.07, 6.45) is -22.0. The van der Waals surface area contributed by atoms with Crippen LogP contribution in [0.1, 0.15) is 12.8 Å². The summed E-state index contributed by atoms with van der Waals surface area (Å²) in [7, 11) is 0. The van der Waals surface area contributed by atoms with Crippen LogP contribution in [-0.4, -0.2) is 187 Å². The maximum atomic E-state index is 12.6. The number of carbonyl (C=O) groups is 7. The molecule has 12 N–H and O–H groups in total. The number of esters is 4. The van der Waals surface area contributed by atoms with Crippen molar-refractivity contribution in [3.8, 4) is 0 Å². The maximum Gasteiger partial charge on any atom is 0.339 e. The Kier molecular flexibility index (Phi) is 19.0. The number of aliphatic hydroxyl groups is 10. The number of hydrogen-bond acceptors (Lipinski definition) is 22. The molecule has 264 valence electrons. The molecule has 0 radical (unpaired) electrons. The Morgan fingerprint density at radius 1 is 0.565 bits per heavy atom. The quantitative estimate of drug-likeness (QED) is 0.0272. The zero-order chi connectivity index (χ0) is 35.8. The van der Waals surface area contributed by atoms with E-state index < -0.39 is 130 Å². The molecule has 0 rings (SSSR count). The minimum Gasteiger partial charge on any atom is -0.463 e. The van der Waals surface area contributed by atoms with Crippen molar-refractivity contribution in [3.63, 3.8) is 0 Å². The van der Waals surface area contributed by atoms with Crippen molar-refractivity contribution in [2.75, 3.05) is 26.4 Å². The van der Waals surface area contributed by atoms with Gasteiger partial charge in [-0.3, -0.25) is 14.4 Å². The normalized spacial score (nSPS) is 19.2. The highest BCUT2D eigenvalue weighted by Crippen LogP contribution is 2.21. The van der Waals surface area contributed by atoms with Gasteiger partial charge in [-0.25, -0.2) is 4.79 Å². The van der Waals surface area contributed by atoms with Crippen LogP contribution in [-0.2, 0) is 52.5 Å². The van der Waals surface area contributed by atoms with Gasteiger partial charge in [-0.2, -0.15) is 0 Å². The van der Waals surface area contributed by atoms with E-state index in [1.54, 1.807) is 0 Å². The molecular weight excluding hydrogens is 638 g/mol. The first-order valence-electron chi connectivity index (χ1n) is 13.0. The summed E-state index contributed by atoms with van der Waals surface area (Å²) >= 11 is 0. The summed E-state index contributed by atoms with van der Waals surface area (Å²) in [4.78, 5) is 80.8. The van der Waals surface area contributed by atoms with Gasteiger partial charge in [-0.05, 0) is 0 Å². The second-order valence-electron chi connectivity index (χ2n) is 9.64. The van der Waals surface area contributed by atoms with Gasteiger partial charge in [-0.15, -0.1) is 0 Å². The van der Waals surface area contributed by atoms with Crippen molar-refractivity contribution in [1.82, 2.24) is 0 Å². The molecule has 22 nitrogen and oxygen atoms in total. The molecule has 0 saturated carbocycles. The molecule has 46 heavy (non-hydrogen) atoms. The Bertz CT molecular complexity index is 1030. The molecule has 0 amide bonds. The highest BCUT2D eigenvalue weighted by molar-refractivity contribution is 5.90. The minimum atomic E-state index is -3.21. The number of hydrogen-bond donors (Lipinski definition) is 11. The first-order chi connectivity index (χ1) is 21.3. The molecule has 0 bridgehead atoms. The largest absolute Gasteiger partial charge is 0.463 e. The van der Waals surface area contributed by atoms with Crippen molar-refractivity contribution in [2.24, 2.45) is 5.73 Å². The lowest BCUT2D eigenvalue weighted by atomic mass is 9.95. The van der Waals surface area contributed by atoms with Crippen LogP contribution in [0.3, 0.4) is 0 Å². The molecule has 0 spiro atoms. The summed E-state index contributed by atoms with van der Waals surface area (Å²) in [6, 6.07) is -1.79. The Morgan fingerprint density at radius 2 is 0.891 bits per heavy atom. The van der Waals surface area contributed by atoms with Crippen LogP contribution < -0.4 is 5.73 Å². The van der Waals surface area contributed by atoms with Crippen molar-refractivity contribution >= 4 is 42.7 Å². The third-order valence-electron chi connectivity index (χ3n) is 5.83. The van der Waals surface area contributed by atoms with Crippen molar-refractivity contribution in [3.05, 3.63) is 0 Å². The van der Waals surface area contributed by atoms with Crippen molar-refractivity contribution < 1.29 is 104 Å². The minimum absolute atomic E-state index is 0.101. The molecule has 0 fully saturated rings. The fraction of sp³-hybridized carbons (Fsp3) is 0.708. The predicted molar refractivity (Wildman–Crippen MR) is 138 cm³/mol. The number of rotatable bonds is 23. The van der Waals surface area contributed by atoms with Crippen LogP contribution in [0.2, 0.25) is 0 Å². The molecule has 0 aromatic rings. The van der Waals surface area contributed by atoms with E-state index in [9.17, 15) is 79.5 Å². The molecule has 0 aliphatic heterocycles. The summed E-state index contributed by atoms with van der Waals surface area (Å²) in [5.41, 5.74) is 2.27. The number of aliphatic hydroxyl groups excluding tert-OH is 9. The standard InChI is InChI=1S/C24H37NO21/c25-10(22(40)45-8-15(33)20(38)12(30)4-27)6-43-17(35)1-24(42,23(41)46-9-16(34)21(39)13(31)5-28)2-18(36)44-7-14(32)19(37)11(29)3-26/h3-5,10-16,19-21,29-34,37-39,42H,1-2,6-9,25H2/t10-,11-,12-,13+,14-,15+,16+,19+,20+,21-,24?/m0/s1. The van der Waals surface area contributed by atoms with Gasteiger partial charge < -0.3 is 90.1 Å². The highest BCUT2D eigenvalue weighted by atomic mass is 16.6. The molecule has 0 aliphatic rings. The summed E-state index contributed by atoms with van der Waals surface area (Å²) in [5.74, 6) is -6.29. The molecular formula is C24H37NO21. The van der Waals surface area contributed by atoms with E-state index >= 15 is 0 Å². The first-order valence-corrected chi connectivity index (χ1v) is 13.0. The Balaban J connectivity index is 5.48. The molecule has 11 atom stereocenters. The average Bonchev–Trinajstić information content (AvgIpc) is 3.04. The zero-order valence-electron chi connectivity index (χ0n) is 23.8. The molecule has 0 aliphatic carbocycles. The zero-order valence-corrected chi connectivity index (χ0v) is 23.8. The van der Waals surface area contributed by atoms with E-state index in [0.717, 1.165) is 0 Å². The van der Waals surface area contributed by atoms with E-state index in [1.807, 2.05) is 0 Å². The van der Waals surface area contributed by atoms with Gasteiger partial charge in [0.2, 0.25) is 0 Å². The predicted octanol–water partition coefficient (Wildman–Crippen LogP) is -9.16. The second-order valence-corrected chi connectivity index (χ2v) is 9.64. The molecule has 22 heteroatoms. The Morgan fingerprint density at radius 3 is 1.26 bits per heavy atom. The summed E-state index contributed by atoms with van der Waals surface area (Å²) in [6.45, 7) is -4.30. The molecule has 1 unspecified atom stereocenters. The Hall–Kier alpha value is -3.55. The van der Waals surface area contributed by atoms with Crippen LogP contribution in [0.25, 0.3) is 0 Å². The van der Waals surface area contributed by atoms with Crippen molar-refractivity contribution in [1.29, 1.82) is 0 Å². The van der Waals surface area contributed by atoms with E-state index in [4.69, 9.17) is 10.8 Å². The topological polar surface area (TPSA) is 385 Å². The highest BCUT2D eigenvalue weighted by Gasteiger charge is 2.44. The van der Waals surface area contributed by atoms with Gasteiger partial charge in [0.25, 0.3) is 0 Å². The third kappa shape index (κ3) is 14.3. The van der Waals surface area contributed by atoms with Gasteiger partial charge in [0.05, 0.1) is 12.8 Å². The third-order valence-corrected chi connectivity index (χ3v) is 5.83. The second kappa shape index (κ2) is 20.5. The van der Waals surface area contributed by atoms with Crippen LogP contribution in [0.5, 0.6) is 0 Å². The summed E-state index contributed by atoms with van der Waals surface area (Å²) in [5, 5.41) is 96.2. The lowest BCUT2D eigenvalue weighted by Crippen LogP contribution is -2.48. The lowest BCUT2D eigenvalue weighted by molar-refractivity contribution is -0.183. The van der Waals surface area contributed by atoms with Crippen LogP contribution in [0.15, 0.2) is 0 Å². The van der Waals surface area contributed by atoms with E-state index in [0.29, 0.717) is 0 Å². The van der Waals surface area contributed by atoms with E-state index in [2.05, 4.69) is 18.9 Å². The SMILES string of the molecule is N[C@@H](COC(=O)CC(O)(CC(=O)OC[C@H](O)[C@H](O)[C@@H](O)C=O)C(=O)OC[C@@H](O)[C@@H](O)[C@H](O)C=O)C(=O)OC[C@@H](O)[C@H](O)[C@@H](O)C=O. The number of aldehydes is 3. The molecule has 0 saturated heterocycles. The van der Waals surface area contributed by atoms with Gasteiger partial charge >= 0.3 is 23.9 Å². The molecule has 0 heterocycles. The smallest absolute Gasteiger partial charge is 0.339 e. The monoisotopic (exact) mass is 675 g/mol. The maximum absolute atomic E-state index is 12.6. The molecule has 0 aromatic carbocycles. The summed E-state index contributed by atoms with van der Waals surface area (Å²) < 4.78 is 18.4. The van der Waals surface area contributed by atoms with Gasteiger partial charge in [-0.1, -0.05) is 0 Å². The number of carbonyl (C=O) groups excluding carboxylic acids is 7. The fourth-order valence-corrected chi connectivity index (χ4v) is 3.01. The Labute approximate surface area is 258 Å². The molecule has 0 aromatic heterocycles. The van der Waals surface area contributed by atoms with E-state index in [1.165, 1.54) is 0 Å². The first kappa shape index (κ1) is 42.5. The van der Waals surface area contributed by atoms with Crippen LogP contribution in [0, 0.1) is 0 Å².